The van der Waals surface area contributed by atoms with Crippen molar-refractivity contribution < 1.29 is 9.53 Å². The number of ether oxygens (including phenoxy) is 1. The van der Waals surface area contributed by atoms with Crippen LogP contribution in [0.25, 0.3) is 0 Å². The molecule has 1 amide bonds. The van der Waals surface area contributed by atoms with Gasteiger partial charge in [0.05, 0.1) is 7.11 Å². The zero-order valence-electron chi connectivity index (χ0n) is 16.8. The summed E-state index contributed by atoms with van der Waals surface area (Å²) in [5.41, 5.74) is 1.52. The lowest BCUT2D eigenvalue weighted by atomic mass is 10.2. The van der Waals surface area contributed by atoms with E-state index in [1.54, 1.807) is 13.2 Å². The molecule has 2 aromatic rings. The van der Waals surface area contributed by atoms with Gasteiger partial charge >= 0.3 is 0 Å². The lowest BCUT2D eigenvalue weighted by Gasteiger charge is -2.36. The second-order valence-electron chi connectivity index (χ2n) is 7.01. The molecule has 0 radical (unpaired) electrons. The van der Waals surface area contributed by atoms with Crippen LogP contribution in [0.1, 0.15) is 10.5 Å². The molecule has 1 saturated heterocycles. The van der Waals surface area contributed by atoms with Gasteiger partial charge in [-0.1, -0.05) is 0 Å². The van der Waals surface area contributed by atoms with Crippen LogP contribution in [0, 0.1) is 0 Å². The first-order valence-corrected chi connectivity index (χ1v) is 9.47. The molecule has 28 heavy (non-hydrogen) atoms. The Bertz CT molecular complexity index is 755. The highest BCUT2D eigenvalue weighted by Gasteiger charge is 2.23. The third-order valence-corrected chi connectivity index (χ3v) is 4.75. The van der Waals surface area contributed by atoms with E-state index in [0.717, 1.165) is 37.6 Å². The Morgan fingerprint density at radius 3 is 2.36 bits per heavy atom. The number of nitrogens with zero attached hydrogens (tertiary/aromatic N) is 5. The summed E-state index contributed by atoms with van der Waals surface area (Å²) < 4.78 is 5.20. The Kier molecular flexibility index (Phi) is 6.65. The van der Waals surface area contributed by atoms with Crippen molar-refractivity contribution in [2.75, 3.05) is 70.7 Å². The second-order valence-corrected chi connectivity index (χ2v) is 7.01. The number of nitrogens with one attached hydrogen (secondary N) is 1. The van der Waals surface area contributed by atoms with Gasteiger partial charge in [-0.3, -0.25) is 4.79 Å². The number of piperazine rings is 1. The van der Waals surface area contributed by atoms with Gasteiger partial charge in [0, 0.05) is 45.0 Å². The number of rotatable bonds is 7. The topological polar surface area (TPSA) is 73.8 Å². The average molecular weight is 384 g/mol. The van der Waals surface area contributed by atoms with Gasteiger partial charge in [-0.15, -0.1) is 10.2 Å². The summed E-state index contributed by atoms with van der Waals surface area (Å²) in [5.74, 6) is 1.46. The SMILES string of the molecule is COc1ccc(N2CCN(C(=O)c3ccc(NCCN(C)C)nn3)CC2)cc1. The summed E-state index contributed by atoms with van der Waals surface area (Å²) in [5, 5.41) is 11.4. The normalized spacial score (nSPS) is 14.3. The van der Waals surface area contributed by atoms with Gasteiger partial charge in [-0.25, -0.2) is 0 Å². The number of amides is 1. The van der Waals surface area contributed by atoms with E-state index in [-0.39, 0.29) is 5.91 Å². The van der Waals surface area contributed by atoms with Crippen LogP contribution in [0.2, 0.25) is 0 Å². The molecular formula is C20H28N6O2. The first-order valence-electron chi connectivity index (χ1n) is 9.47. The van der Waals surface area contributed by atoms with Crippen LogP contribution in [0.3, 0.4) is 0 Å². The largest absolute Gasteiger partial charge is 0.497 e. The molecule has 0 saturated carbocycles. The van der Waals surface area contributed by atoms with Gasteiger partial charge in [0.1, 0.15) is 11.6 Å². The lowest BCUT2D eigenvalue weighted by molar-refractivity contribution is 0.0739. The Morgan fingerprint density at radius 2 is 1.79 bits per heavy atom. The molecule has 0 aliphatic carbocycles. The van der Waals surface area contributed by atoms with Crippen LogP contribution in [0.4, 0.5) is 11.5 Å². The Balaban J connectivity index is 1.51. The van der Waals surface area contributed by atoms with Gasteiger partial charge in [-0.05, 0) is 50.5 Å². The van der Waals surface area contributed by atoms with Crippen LogP contribution in [-0.2, 0) is 0 Å². The highest BCUT2D eigenvalue weighted by atomic mass is 16.5. The van der Waals surface area contributed by atoms with E-state index in [1.807, 2.05) is 49.3 Å². The molecule has 1 aromatic heterocycles. The molecule has 1 aromatic carbocycles. The fourth-order valence-electron chi connectivity index (χ4n) is 3.07. The molecule has 0 bridgehead atoms. The summed E-state index contributed by atoms with van der Waals surface area (Å²) >= 11 is 0. The number of aromatic nitrogens is 2. The molecule has 0 unspecified atom stereocenters. The lowest BCUT2D eigenvalue weighted by Crippen LogP contribution is -2.49. The summed E-state index contributed by atoms with van der Waals surface area (Å²) in [6.45, 7) is 4.58. The Morgan fingerprint density at radius 1 is 1.07 bits per heavy atom. The molecule has 1 aliphatic heterocycles. The van der Waals surface area contributed by atoms with Crippen LogP contribution in [0.15, 0.2) is 36.4 Å². The Hall–Kier alpha value is -2.87. The van der Waals surface area contributed by atoms with Crippen molar-refractivity contribution in [1.29, 1.82) is 0 Å². The van der Waals surface area contributed by atoms with E-state index in [4.69, 9.17) is 4.74 Å². The first kappa shape index (κ1) is 19.9. The van der Waals surface area contributed by atoms with Gasteiger partial charge < -0.3 is 24.8 Å². The standard InChI is InChI=1S/C20H28N6O2/c1-24(2)11-10-21-19-9-8-18(22-23-19)20(27)26-14-12-25(13-15-26)16-4-6-17(28-3)7-5-16/h4-9H,10-15H2,1-3H3,(H,21,23). The number of hydrogen-bond acceptors (Lipinski definition) is 7. The zero-order valence-corrected chi connectivity index (χ0v) is 16.8. The summed E-state index contributed by atoms with van der Waals surface area (Å²) in [6.07, 6.45) is 0. The van der Waals surface area contributed by atoms with E-state index in [0.29, 0.717) is 24.6 Å². The number of carbonyl (C=O) groups excluding carboxylic acids is 1. The highest BCUT2D eigenvalue weighted by Crippen LogP contribution is 2.21. The molecular weight excluding hydrogens is 356 g/mol. The molecule has 150 valence electrons. The minimum absolute atomic E-state index is 0.0678. The van der Waals surface area contributed by atoms with E-state index < -0.39 is 0 Å². The smallest absolute Gasteiger partial charge is 0.274 e. The quantitative estimate of drug-likeness (QED) is 0.774. The van der Waals surface area contributed by atoms with Crippen molar-refractivity contribution in [3.63, 3.8) is 0 Å². The van der Waals surface area contributed by atoms with E-state index >= 15 is 0 Å². The number of methoxy groups -OCH3 is 1. The van der Waals surface area contributed by atoms with Gasteiger partial charge in [0.25, 0.3) is 5.91 Å². The van der Waals surface area contributed by atoms with Gasteiger partial charge in [0.15, 0.2) is 5.69 Å². The number of anilines is 2. The first-order chi connectivity index (χ1) is 13.6. The number of benzene rings is 1. The maximum atomic E-state index is 12.7. The fourth-order valence-corrected chi connectivity index (χ4v) is 3.07. The molecule has 3 rings (SSSR count). The third kappa shape index (κ3) is 5.10. The number of hydrogen-bond donors (Lipinski definition) is 1. The van der Waals surface area contributed by atoms with Crippen molar-refractivity contribution in [2.45, 2.75) is 0 Å². The summed E-state index contributed by atoms with van der Waals surface area (Å²) in [4.78, 5) is 18.9. The van der Waals surface area contributed by atoms with Crippen molar-refractivity contribution in [1.82, 2.24) is 20.0 Å². The van der Waals surface area contributed by atoms with Crippen molar-refractivity contribution in [3.05, 3.63) is 42.1 Å². The minimum Gasteiger partial charge on any atom is -0.497 e. The highest BCUT2D eigenvalue weighted by molar-refractivity contribution is 5.92. The summed E-state index contributed by atoms with van der Waals surface area (Å²) in [6, 6.07) is 11.5. The molecule has 8 heteroatoms. The van der Waals surface area contributed by atoms with Crippen LogP contribution < -0.4 is 15.0 Å². The predicted molar refractivity (Wildman–Crippen MR) is 110 cm³/mol. The zero-order chi connectivity index (χ0) is 19.9. The van der Waals surface area contributed by atoms with Crippen LogP contribution in [-0.4, -0.2) is 86.4 Å². The fraction of sp³-hybridized carbons (Fsp3) is 0.450. The predicted octanol–water partition coefficient (Wildman–Crippen LogP) is 1.42. The molecule has 0 atom stereocenters. The molecule has 1 fully saturated rings. The summed E-state index contributed by atoms with van der Waals surface area (Å²) in [7, 11) is 5.70. The van der Waals surface area contributed by atoms with Crippen LogP contribution in [0.5, 0.6) is 5.75 Å². The van der Waals surface area contributed by atoms with Gasteiger partial charge in [0.2, 0.25) is 0 Å². The monoisotopic (exact) mass is 384 g/mol. The van der Waals surface area contributed by atoms with E-state index in [1.165, 1.54) is 0 Å². The van der Waals surface area contributed by atoms with E-state index in [9.17, 15) is 4.79 Å². The molecule has 8 nitrogen and oxygen atoms in total. The average Bonchev–Trinajstić information content (AvgIpc) is 2.74. The van der Waals surface area contributed by atoms with Gasteiger partial charge in [-0.2, -0.15) is 0 Å². The number of likely N-dealkylation sites (N-methyl/N-ethyl adjacent to an activating group) is 1. The van der Waals surface area contributed by atoms with E-state index in [2.05, 4.69) is 25.3 Å². The second kappa shape index (κ2) is 9.36. The van der Waals surface area contributed by atoms with Crippen LogP contribution >= 0.6 is 0 Å². The molecule has 0 spiro atoms. The van der Waals surface area contributed by atoms with Crippen molar-refractivity contribution in [2.24, 2.45) is 0 Å². The maximum absolute atomic E-state index is 12.7. The number of carbonyl (C=O) groups is 1. The maximum Gasteiger partial charge on any atom is 0.274 e. The third-order valence-electron chi connectivity index (χ3n) is 4.75. The Labute approximate surface area is 166 Å². The molecule has 1 aliphatic rings. The minimum atomic E-state index is -0.0678. The molecule has 2 heterocycles. The van der Waals surface area contributed by atoms with Crippen molar-refractivity contribution >= 4 is 17.4 Å². The molecule has 1 N–H and O–H groups in total. The van der Waals surface area contributed by atoms with Crippen molar-refractivity contribution in [3.8, 4) is 5.75 Å².